The molecule has 0 spiro atoms. The van der Waals surface area contributed by atoms with Crippen molar-refractivity contribution in [2.24, 2.45) is 5.16 Å². The maximum atomic E-state index is 14.3. The summed E-state index contributed by atoms with van der Waals surface area (Å²) in [5.74, 6) is -0.499. The van der Waals surface area contributed by atoms with Crippen molar-refractivity contribution in [3.8, 4) is 17.2 Å². The second-order valence-electron chi connectivity index (χ2n) is 8.23. The van der Waals surface area contributed by atoms with Gasteiger partial charge < -0.3 is 34.4 Å². The predicted octanol–water partition coefficient (Wildman–Crippen LogP) is 3.69. The summed E-state index contributed by atoms with van der Waals surface area (Å²) < 4.78 is 35.7. The van der Waals surface area contributed by atoms with Gasteiger partial charge in [0, 0.05) is 22.4 Å². The Morgan fingerprint density at radius 1 is 1.16 bits per heavy atom. The zero-order chi connectivity index (χ0) is 26.1. The molecule has 2 aliphatic rings. The van der Waals surface area contributed by atoms with E-state index in [0.29, 0.717) is 45.3 Å². The Labute approximate surface area is 210 Å². The summed E-state index contributed by atoms with van der Waals surface area (Å²) in [7, 11) is 2.89. The minimum absolute atomic E-state index is 0.00209. The van der Waals surface area contributed by atoms with Crippen molar-refractivity contribution in [2.45, 2.75) is 13.2 Å². The number of oxime groups is 1. The number of nitrogens with one attached hydrogen (secondary N) is 1. The fourth-order valence-corrected chi connectivity index (χ4v) is 4.45. The molecule has 0 aromatic heterocycles. The molecular formula is C26H22FN3O7. The van der Waals surface area contributed by atoms with E-state index in [1.807, 2.05) is 0 Å². The number of benzene rings is 3. The monoisotopic (exact) mass is 507 g/mol. The van der Waals surface area contributed by atoms with Gasteiger partial charge in [-0.15, -0.1) is 0 Å². The van der Waals surface area contributed by atoms with Gasteiger partial charge in [-0.05, 0) is 42.5 Å². The zero-order valence-electron chi connectivity index (χ0n) is 19.9. The third kappa shape index (κ3) is 4.29. The number of anilines is 2. The summed E-state index contributed by atoms with van der Waals surface area (Å²) in [6.45, 7) is 0.112. The first kappa shape index (κ1) is 24.1. The van der Waals surface area contributed by atoms with Gasteiger partial charge in [-0.1, -0.05) is 11.2 Å². The molecule has 0 saturated heterocycles. The van der Waals surface area contributed by atoms with E-state index in [4.69, 9.17) is 18.9 Å². The van der Waals surface area contributed by atoms with E-state index in [1.54, 1.807) is 36.4 Å². The molecule has 0 unspecified atom stereocenters. The van der Waals surface area contributed by atoms with Crippen LogP contribution in [0.4, 0.5) is 15.8 Å². The lowest BCUT2D eigenvalue weighted by Crippen LogP contribution is -2.30. The van der Waals surface area contributed by atoms with Gasteiger partial charge in [0.2, 0.25) is 0 Å². The molecule has 3 aromatic rings. The average molecular weight is 507 g/mol. The summed E-state index contributed by atoms with van der Waals surface area (Å²) in [4.78, 5) is 27.6. The number of amides is 2. The number of ether oxygens (including phenoxy) is 4. The molecule has 2 N–H and O–H groups in total. The molecule has 3 aromatic carbocycles. The van der Waals surface area contributed by atoms with Crippen LogP contribution in [0, 0.1) is 5.82 Å². The molecule has 0 atom stereocenters. The van der Waals surface area contributed by atoms with Gasteiger partial charge in [0.25, 0.3) is 11.8 Å². The SMILES string of the molecule is COc1cccc(OC)c1C(=O)Nc1ccc2c(c1)N(Cc1cc(F)cc3c1OCOC3)C(=O)/C2=N\O. The molecule has 2 heterocycles. The van der Waals surface area contributed by atoms with E-state index in [0.717, 1.165) is 0 Å². The molecule has 0 radical (unpaired) electrons. The van der Waals surface area contributed by atoms with Crippen LogP contribution in [0.2, 0.25) is 0 Å². The fraction of sp³-hybridized carbons (Fsp3) is 0.192. The second-order valence-corrected chi connectivity index (χ2v) is 8.23. The summed E-state index contributed by atoms with van der Waals surface area (Å²) in [6, 6.07) is 12.3. The highest BCUT2D eigenvalue weighted by Gasteiger charge is 2.36. The molecule has 0 bridgehead atoms. The lowest BCUT2D eigenvalue weighted by molar-refractivity contribution is -0.112. The molecule has 37 heavy (non-hydrogen) atoms. The van der Waals surface area contributed by atoms with Crippen LogP contribution < -0.4 is 24.4 Å². The Balaban J connectivity index is 1.50. The van der Waals surface area contributed by atoms with Crippen molar-refractivity contribution in [3.05, 3.63) is 76.6 Å². The van der Waals surface area contributed by atoms with E-state index in [-0.39, 0.29) is 31.2 Å². The van der Waals surface area contributed by atoms with Crippen LogP contribution in [0.5, 0.6) is 17.2 Å². The fourth-order valence-electron chi connectivity index (χ4n) is 4.45. The molecule has 2 amide bonds. The molecule has 0 aliphatic carbocycles. The number of carbonyl (C=O) groups is 2. The van der Waals surface area contributed by atoms with Gasteiger partial charge in [0.1, 0.15) is 28.6 Å². The van der Waals surface area contributed by atoms with Crippen molar-refractivity contribution in [3.63, 3.8) is 0 Å². The topological polar surface area (TPSA) is 119 Å². The van der Waals surface area contributed by atoms with Crippen molar-refractivity contribution in [2.75, 3.05) is 31.2 Å². The number of rotatable bonds is 6. The molecule has 0 fully saturated rings. The maximum absolute atomic E-state index is 14.3. The number of fused-ring (bicyclic) bond motifs is 2. The first-order valence-electron chi connectivity index (χ1n) is 11.2. The summed E-state index contributed by atoms with van der Waals surface area (Å²) in [5.41, 5.74) is 2.06. The lowest BCUT2D eigenvalue weighted by Gasteiger charge is -2.24. The van der Waals surface area contributed by atoms with Gasteiger partial charge in [-0.25, -0.2) is 4.39 Å². The third-order valence-electron chi connectivity index (χ3n) is 6.08. The zero-order valence-corrected chi connectivity index (χ0v) is 19.9. The number of hydrogen-bond donors (Lipinski definition) is 2. The highest BCUT2D eigenvalue weighted by molar-refractivity contribution is 6.54. The van der Waals surface area contributed by atoms with Gasteiger partial charge in [-0.2, -0.15) is 0 Å². The third-order valence-corrected chi connectivity index (χ3v) is 6.08. The van der Waals surface area contributed by atoms with Crippen molar-refractivity contribution < 1.29 is 38.1 Å². The van der Waals surface area contributed by atoms with Crippen LogP contribution in [0.3, 0.4) is 0 Å². The molecule has 190 valence electrons. The first-order chi connectivity index (χ1) is 17.9. The number of halogens is 1. The standard InChI is InChI=1S/C26H22FN3O7/c1-34-20-4-3-5-21(35-2)22(20)25(31)28-17-6-7-18-19(10-17)30(26(32)23(18)29-33)11-14-8-16(27)9-15-12-36-13-37-24(14)15/h3-10,33H,11-13H2,1-2H3,(H,28,31)/b29-23-. The van der Waals surface area contributed by atoms with Crippen molar-refractivity contribution >= 4 is 28.9 Å². The largest absolute Gasteiger partial charge is 0.496 e. The molecule has 0 saturated carbocycles. The number of methoxy groups -OCH3 is 2. The Morgan fingerprint density at radius 3 is 2.62 bits per heavy atom. The first-order valence-corrected chi connectivity index (χ1v) is 11.2. The van der Waals surface area contributed by atoms with E-state index in [1.165, 1.54) is 31.3 Å². The number of hydrogen-bond acceptors (Lipinski definition) is 8. The quantitative estimate of drug-likeness (QED) is 0.386. The van der Waals surface area contributed by atoms with Crippen LogP contribution in [0.25, 0.3) is 0 Å². The van der Waals surface area contributed by atoms with Crippen molar-refractivity contribution in [1.29, 1.82) is 0 Å². The summed E-state index contributed by atoms with van der Waals surface area (Å²) in [5, 5.41) is 15.5. The highest BCUT2D eigenvalue weighted by atomic mass is 19.1. The molecular weight excluding hydrogens is 485 g/mol. The van der Waals surface area contributed by atoms with Crippen LogP contribution in [0.1, 0.15) is 27.0 Å². The Morgan fingerprint density at radius 2 is 1.92 bits per heavy atom. The van der Waals surface area contributed by atoms with E-state index >= 15 is 0 Å². The minimum atomic E-state index is -0.586. The smallest absolute Gasteiger partial charge is 0.281 e. The van der Waals surface area contributed by atoms with Crippen LogP contribution in [-0.4, -0.2) is 43.7 Å². The van der Waals surface area contributed by atoms with Crippen LogP contribution in [0.15, 0.2) is 53.7 Å². The van der Waals surface area contributed by atoms with E-state index in [2.05, 4.69) is 10.5 Å². The van der Waals surface area contributed by atoms with Crippen LogP contribution >= 0.6 is 0 Å². The normalized spacial score (nSPS) is 15.2. The minimum Gasteiger partial charge on any atom is -0.496 e. The molecule has 2 aliphatic heterocycles. The number of nitrogens with zero attached hydrogens (tertiary/aromatic N) is 2. The molecule has 10 nitrogen and oxygen atoms in total. The summed E-state index contributed by atoms with van der Waals surface area (Å²) >= 11 is 0. The summed E-state index contributed by atoms with van der Waals surface area (Å²) in [6.07, 6.45) is 0. The Bertz CT molecular complexity index is 1420. The van der Waals surface area contributed by atoms with Gasteiger partial charge >= 0.3 is 0 Å². The molecule has 11 heteroatoms. The van der Waals surface area contributed by atoms with E-state index < -0.39 is 17.6 Å². The van der Waals surface area contributed by atoms with E-state index in [9.17, 15) is 19.2 Å². The van der Waals surface area contributed by atoms with Gasteiger partial charge in [0.05, 0.1) is 33.1 Å². The Kier molecular flexibility index (Phi) is 6.36. The van der Waals surface area contributed by atoms with Crippen LogP contribution in [-0.2, 0) is 22.7 Å². The van der Waals surface area contributed by atoms with Gasteiger partial charge in [0.15, 0.2) is 12.5 Å². The molecule has 5 rings (SSSR count). The van der Waals surface area contributed by atoms with Crippen molar-refractivity contribution in [1.82, 2.24) is 0 Å². The number of carbonyl (C=O) groups excluding carboxylic acids is 2. The predicted molar refractivity (Wildman–Crippen MR) is 130 cm³/mol. The second kappa shape index (κ2) is 9.78. The lowest BCUT2D eigenvalue weighted by atomic mass is 10.1. The maximum Gasteiger partial charge on any atom is 0.281 e. The highest BCUT2D eigenvalue weighted by Crippen LogP contribution is 2.37. The average Bonchev–Trinajstić information content (AvgIpc) is 3.17. The Hall–Kier alpha value is -4.64. The van der Waals surface area contributed by atoms with Gasteiger partial charge in [-0.3, -0.25) is 9.59 Å².